The second kappa shape index (κ2) is 11.9. The summed E-state index contributed by atoms with van der Waals surface area (Å²) in [6.45, 7) is 4.32. The van der Waals surface area contributed by atoms with Crippen LogP contribution in [0.5, 0.6) is 0 Å². The lowest BCUT2D eigenvalue weighted by Crippen LogP contribution is -2.05. The molecule has 0 unspecified atom stereocenters. The van der Waals surface area contributed by atoms with Crippen LogP contribution in [0, 0.1) is 13.8 Å². The van der Waals surface area contributed by atoms with E-state index in [-0.39, 0.29) is 0 Å². The quantitative estimate of drug-likeness (QED) is 0.184. The van der Waals surface area contributed by atoms with Gasteiger partial charge in [0.05, 0.1) is 45.8 Å². The number of rotatable bonds is 4. The van der Waals surface area contributed by atoms with Crippen molar-refractivity contribution in [3.05, 3.63) is 181 Å². The van der Waals surface area contributed by atoms with Crippen LogP contribution in [0.2, 0.25) is 0 Å². The molecule has 4 heteroatoms. The zero-order valence-corrected chi connectivity index (χ0v) is 30.2. The van der Waals surface area contributed by atoms with Crippen molar-refractivity contribution in [3.63, 3.8) is 0 Å². The van der Waals surface area contributed by atoms with Crippen LogP contribution in [0.1, 0.15) is 22.3 Å². The monoisotopic (exact) mass is 692 g/mol. The van der Waals surface area contributed by atoms with Gasteiger partial charge in [-0.3, -0.25) is 9.97 Å². The summed E-state index contributed by atoms with van der Waals surface area (Å²) >= 11 is 0. The van der Waals surface area contributed by atoms with E-state index in [9.17, 15) is 0 Å². The van der Waals surface area contributed by atoms with Crippen LogP contribution in [0.15, 0.2) is 158 Å². The molecule has 0 N–H and O–H groups in total. The minimum atomic E-state index is 0.997. The molecule has 0 aliphatic heterocycles. The number of fused-ring (bicyclic) bond motifs is 9. The summed E-state index contributed by atoms with van der Waals surface area (Å²) in [6.07, 6.45) is 9.64. The average molecular weight is 693 g/mol. The van der Waals surface area contributed by atoms with Crippen molar-refractivity contribution in [3.8, 4) is 44.8 Å². The molecule has 0 saturated carbocycles. The predicted octanol–water partition coefficient (Wildman–Crippen LogP) is 12.4. The Labute approximate surface area is 313 Å². The topological polar surface area (TPSA) is 35.6 Å². The highest BCUT2D eigenvalue weighted by atomic mass is 15.0. The van der Waals surface area contributed by atoms with Crippen molar-refractivity contribution >= 4 is 43.6 Å². The van der Waals surface area contributed by atoms with Crippen LogP contribution in [0.4, 0.5) is 0 Å². The molecular weight excluding hydrogens is 657 g/mol. The van der Waals surface area contributed by atoms with Crippen molar-refractivity contribution in [2.45, 2.75) is 26.7 Å². The number of hydrogen-bond donors (Lipinski definition) is 0. The van der Waals surface area contributed by atoms with Crippen LogP contribution < -0.4 is 0 Å². The van der Waals surface area contributed by atoms with Gasteiger partial charge in [0.25, 0.3) is 0 Å². The van der Waals surface area contributed by atoms with Crippen molar-refractivity contribution in [1.82, 2.24) is 19.1 Å². The van der Waals surface area contributed by atoms with E-state index >= 15 is 0 Å². The van der Waals surface area contributed by atoms with Gasteiger partial charge in [0.2, 0.25) is 0 Å². The summed E-state index contributed by atoms with van der Waals surface area (Å²) in [7, 11) is 0. The van der Waals surface area contributed by atoms with Gasteiger partial charge in [-0.2, -0.15) is 0 Å². The van der Waals surface area contributed by atoms with Crippen LogP contribution >= 0.6 is 0 Å². The van der Waals surface area contributed by atoms with Gasteiger partial charge in [0, 0.05) is 33.9 Å². The fourth-order valence-corrected chi connectivity index (χ4v) is 8.94. The molecule has 0 bridgehead atoms. The number of hydrogen-bond acceptors (Lipinski definition) is 2. The molecule has 0 amide bonds. The maximum atomic E-state index is 4.55. The maximum absolute atomic E-state index is 4.55. The number of aryl methyl sites for hydroxylation is 4. The predicted molar refractivity (Wildman–Crippen MR) is 224 cm³/mol. The summed E-state index contributed by atoms with van der Waals surface area (Å²) in [4.78, 5) is 9.09. The summed E-state index contributed by atoms with van der Waals surface area (Å²) in [5.41, 5.74) is 19.8. The zero-order chi connectivity index (χ0) is 35.9. The molecule has 256 valence electrons. The van der Waals surface area contributed by atoms with Gasteiger partial charge in [0.1, 0.15) is 0 Å². The van der Waals surface area contributed by atoms with E-state index in [1.165, 1.54) is 99.2 Å². The van der Waals surface area contributed by atoms with E-state index in [1.807, 2.05) is 36.9 Å². The first-order valence-electron chi connectivity index (χ1n) is 18.7. The molecule has 6 aromatic carbocycles. The number of nitrogens with zero attached hydrogens (tertiary/aromatic N) is 4. The third kappa shape index (κ3) is 4.77. The van der Waals surface area contributed by atoms with Gasteiger partial charge in [-0.15, -0.1) is 0 Å². The summed E-state index contributed by atoms with van der Waals surface area (Å²) in [6, 6.07) is 49.6. The van der Waals surface area contributed by atoms with Gasteiger partial charge < -0.3 is 9.13 Å². The molecule has 0 spiro atoms. The Morgan fingerprint density at radius 3 is 1.28 bits per heavy atom. The molecule has 54 heavy (non-hydrogen) atoms. The minimum Gasteiger partial charge on any atom is -0.308 e. The van der Waals surface area contributed by atoms with Gasteiger partial charge in [0.15, 0.2) is 0 Å². The van der Waals surface area contributed by atoms with E-state index in [0.717, 1.165) is 24.2 Å². The Bertz CT molecular complexity index is 2900. The summed E-state index contributed by atoms with van der Waals surface area (Å²) in [5, 5.41) is 5.08. The van der Waals surface area contributed by atoms with Gasteiger partial charge in [-0.05, 0) is 144 Å². The molecule has 1 aliphatic carbocycles. The van der Waals surface area contributed by atoms with Gasteiger partial charge >= 0.3 is 0 Å². The molecule has 10 aromatic rings. The summed E-state index contributed by atoms with van der Waals surface area (Å²) in [5.74, 6) is 0. The van der Waals surface area contributed by atoms with Crippen molar-refractivity contribution in [1.29, 1.82) is 0 Å². The molecule has 0 atom stereocenters. The summed E-state index contributed by atoms with van der Waals surface area (Å²) < 4.78 is 4.79. The van der Waals surface area contributed by atoms with Crippen molar-refractivity contribution in [2.24, 2.45) is 0 Å². The van der Waals surface area contributed by atoms with Crippen LogP contribution in [0.3, 0.4) is 0 Å². The van der Waals surface area contributed by atoms with Crippen molar-refractivity contribution < 1.29 is 0 Å². The standard InChI is InChI=1S/C50H36N4/c1-31-7-3-9-33(21-31)35-15-17-47-43(23-35)45-25-37-13-14-38-26-46-44-24-36(34-10-4-8-32(2)22-34)16-18-48(44)54(40-12-6-20-52-30-40)50(46)28-42(38)41(37)27-49(45)53(47)39-11-5-19-51-29-39/h3-12,15-30H,13-14H2,1-2H3. The highest BCUT2D eigenvalue weighted by Gasteiger charge is 2.24. The first-order valence-corrected chi connectivity index (χ1v) is 18.7. The normalized spacial score (nSPS) is 12.5. The molecule has 4 aromatic heterocycles. The molecule has 4 heterocycles. The lowest BCUT2D eigenvalue weighted by molar-refractivity contribution is 0.946. The van der Waals surface area contributed by atoms with E-state index in [1.54, 1.807) is 0 Å². The lowest BCUT2D eigenvalue weighted by atomic mass is 9.84. The first kappa shape index (κ1) is 30.8. The Hall–Kier alpha value is -6.78. The molecule has 4 nitrogen and oxygen atoms in total. The average Bonchev–Trinajstić information content (AvgIpc) is 3.70. The molecule has 0 fully saturated rings. The smallest absolute Gasteiger partial charge is 0.0645 e. The zero-order valence-electron chi connectivity index (χ0n) is 30.2. The molecule has 0 radical (unpaired) electrons. The Morgan fingerprint density at radius 2 is 0.852 bits per heavy atom. The number of pyridine rings is 2. The Balaban J connectivity index is 1.17. The molecule has 0 saturated heterocycles. The minimum absolute atomic E-state index is 0.997. The second-order valence-electron chi connectivity index (χ2n) is 14.8. The maximum Gasteiger partial charge on any atom is 0.0645 e. The van der Waals surface area contributed by atoms with E-state index in [4.69, 9.17) is 0 Å². The molecular formula is C50H36N4. The Kier molecular flexibility index (Phi) is 6.77. The number of benzene rings is 6. The fourth-order valence-electron chi connectivity index (χ4n) is 8.94. The molecule has 11 rings (SSSR count). The van der Waals surface area contributed by atoms with E-state index in [0.29, 0.717) is 0 Å². The highest BCUT2D eigenvalue weighted by molar-refractivity contribution is 6.14. The van der Waals surface area contributed by atoms with Crippen LogP contribution in [0.25, 0.3) is 88.4 Å². The van der Waals surface area contributed by atoms with Crippen LogP contribution in [-0.2, 0) is 12.8 Å². The molecule has 1 aliphatic rings. The first-order chi connectivity index (χ1) is 26.6. The van der Waals surface area contributed by atoms with E-state index < -0.39 is 0 Å². The third-order valence-corrected chi connectivity index (χ3v) is 11.4. The van der Waals surface area contributed by atoms with Crippen LogP contribution in [-0.4, -0.2) is 19.1 Å². The third-order valence-electron chi connectivity index (χ3n) is 11.4. The van der Waals surface area contributed by atoms with Crippen molar-refractivity contribution in [2.75, 3.05) is 0 Å². The second-order valence-corrected chi connectivity index (χ2v) is 14.8. The highest BCUT2D eigenvalue weighted by Crippen LogP contribution is 2.45. The Morgan fingerprint density at radius 1 is 0.407 bits per heavy atom. The largest absolute Gasteiger partial charge is 0.308 e. The lowest BCUT2D eigenvalue weighted by Gasteiger charge is -2.21. The fraction of sp³-hybridized carbons (Fsp3) is 0.0800. The number of aromatic nitrogens is 4. The van der Waals surface area contributed by atoms with Gasteiger partial charge in [-0.1, -0.05) is 71.8 Å². The van der Waals surface area contributed by atoms with Gasteiger partial charge in [-0.25, -0.2) is 0 Å². The van der Waals surface area contributed by atoms with E-state index in [2.05, 4.69) is 154 Å². The SMILES string of the molecule is Cc1cccc(-c2ccc3c(c2)c2cc4c(cc2n3-c2cccnc2)-c2cc3c(cc2CC4)c2cc(-c4cccc(C)c4)ccc2n3-c2cccnc2)c1.